The molecule has 0 heterocycles. The van der Waals surface area contributed by atoms with E-state index in [-0.39, 0.29) is 5.75 Å². The zero-order chi connectivity index (χ0) is 14.0. The molecule has 0 spiro atoms. The van der Waals surface area contributed by atoms with Gasteiger partial charge in [-0.15, -0.1) is 0 Å². The first-order chi connectivity index (χ1) is 9.01. The number of hydrogen-bond acceptors (Lipinski definition) is 3. The van der Waals surface area contributed by atoms with Gasteiger partial charge in [-0.25, -0.2) is 4.39 Å². The highest BCUT2D eigenvalue weighted by molar-refractivity contribution is 9.11. The maximum Gasteiger partial charge on any atom is 0.167 e. The Morgan fingerprint density at radius 1 is 1.00 bits per heavy atom. The Balaban J connectivity index is 2.35. The zero-order valence-corrected chi connectivity index (χ0v) is 13.1. The summed E-state index contributed by atoms with van der Waals surface area (Å²) in [6, 6.07) is 7.69. The van der Waals surface area contributed by atoms with Crippen LogP contribution in [0.4, 0.5) is 10.1 Å². The second-order valence-corrected chi connectivity index (χ2v) is 5.42. The van der Waals surface area contributed by atoms with Crippen molar-refractivity contribution in [1.82, 2.24) is 0 Å². The van der Waals surface area contributed by atoms with Crippen molar-refractivity contribution in [3.8, 4) is 17.2 Å². The predicted molar refractivity (Wildman–Crippen MR) is 79.3 cm³/mol. The largest absolute Gasteiger partial charge is 0.496 e. The van der Waals surface area contributed by atoms with E-state index in [1.165, 1.54) is 12.1 Å². The topological polar surface area (TPSA) is 44.5 Å². The molecule has 2 N–H and O–H groups in total. The van der Waals surface area contributed by atoms with Crippen molar-refractivity contribution in [2.75, 3.05) is 12.8 Å². The van der Waals surface area contributed by atoms with Crippen LogP contribution in [0.5, 0.6) is 17.2 Å². The Morgan fingerprint density at radius 2 is 1.63 bits per heavy atom. The first-order valence-corrected chi connectivity index (χ1v) is 6.85. The summed E-state index contributed by atoms with van der Waals surface area (Å²) in [5.41, 5.74) is 5.83. The summed E-state index contributed by atoms with van der Waals surface area (Å²) < 4.78 is 25.7. The summed E-state index contributed by atoms with van der Waals surface area (Å²) in [6.45, 7) is 0. The molecule has 0 bridgehead atoms. The molecule has 0 atom stereocenters. The molecule has 0 saturated carbocycles. The highest BCUT2D eigenvalue weighted by Gasteiger charge is 2.11. The van der Waals surface area contributed by atoms with E-state index in [1.54, 1.807) is 25.3 Å². The molecule has 100 valence electrons. The van der Waals surface area contributed by atoms with Crippen molar-refractivity contribution in [2.45, 2.75) is 0 Å². The van der Waals surface area contributed by atoms with E-state index in [0.717, 1.165) is 0 Å². The number of methoxy groups -OCH3 is 1. The van der Waals surface area contributed by atoms with Crippen LogP contribution in [0.25, 0.3) is 0 Å². The number of benzene rings is 2. The Bertz CT molecular complexity index is 620. The molecule has 0 aliphatic carbocycles. The van der Waals surface area contributed by atoms with Gasteiger partial charge in [0.1, 0.15) is 11.5 Å². The molecule has 0 saturated heterocycles. The highest BCUT2D eigenvalue weighted by Crippen LogP contribution is 2.38. The van der Waals surface area contributed by atoms with Crippen LogP contribution in [0.3, 0.4) is 0 Å². The minimum absolute atomic E-state index is 0.104. The minimum Gasteiger partial charge on any atom is -0.496 e. The SMILES string of the molecule is COc1cc(Br)c(Oc2ccc(N)cc2F)cc1Br. The number of rotatable bonds is 3. The quantitative estimate of drug-likeness (QED) is 0.770. The summed E-state index contributed by atoms with van der Waals surface area (Å²) in [5, 5.41) is 0. The third-order valence-electron chi connectivity index (χ3n) is 2.38. The minimum atomic E-state index is -0.515. The van der Waals surface area contributed by atoms with Crippen molar-refractivity contribution in [1.29, 1.82) is 0 Å². The van der Waals surface area contributed by atoms with E-state index in [9.17, 15) is 4.39 Å². The summed E-state index contributed by atoms with van der Waals surface area (Å²) >= 11 is 6.69. The highest BCUT2D eigenvalue weighted by atomic mass is 79.9. The molecular formula is C13H10Br2FNO2. The van der Waals surface area contributed by atoms with Crippen LogP contribution in [-0.4, -0.2) is 7.11 Å². The lowest BCUT2D eigenvalue weighted by atomic mass is 10.3. The van der Waals surface area contributed by atoms with Crippen LogP contribution in [0.1, 0.15) is 0 Å². The lowest BCUT2D eigenvalue weighted by molar-refractivity contribution is 0.407. The van der Waals surface area contributed by atoms with Crippen molar-refractivity contribution in [3.05, 3.63) is 45.1 Å². The molecule has 0 radical (unpaired) electrons. The fraction of sp³-hybridized carbons (Fsp3) is 0.0769. The second-order valence-electron chi connectivity index (χ2n) is 3.71. The van der Waals surface area contributed by atoms with E-state index in [0.29, 0.717) is 26.1 Å². The molecule has 0 unspecified atom stereocenters. The Hall–Kier alpha value is -1.27. The van der Waals surface area contributed by atoms with Gasteiger partial charge in [0.25, 0.3) is 0 Å². The lowest BCUT2D eigenvalue weighted by Crippen LogP contribution is -1.93. The van der Waals surface area contributed by atoms with Gasteiger partial charge in [-0.05, 0) is 56.1 Å². The van der Waals surface area contributed by atoms with Gasteiger partial charge in [-0.2, -0.15) is 0 Å². The number of nitrogen functional groups attached to an aromatic ring is 1. The first kappa shape index (κ1) is 14.1. The van der Waals surface area contributed by atoms with E-state index in [2.05, 4.69) is 31.9 Å². The van der Waals surface area contributed by atoms with Gasteiger partial charge in [-0.1, -0.05) is 0 Å². The molecule has 0 fully saturated rings. The zero-order valence-electron chi connectivity index (χ0n) is 9.91. The molecule has 0 aliphatic heterocycles. The molecule has 2 aromatic rings. The molecule has 0 amide bonds. The fourth-order valence-electron chi connectivity index (χ4n) is 1.46. The summed E-state index contributed by atoms with van der Waals surface area (Å²) in [7, 11) is 1.56. The van der Waals surface area contributed by atoms with Crippen LogP contribution in [0, 0.1) is 5.82 Å². The summed E-state index contributed by atoms with van der Waals surface area (Å²) in [4.78, 5) is 0. The average molecular weight is 391 g/mol. The molecule has 0 aromatic heterocycles. The summed E-state index contributed by atoms with van der Waals surface area (Å²) in [5.74, 6) is 0.708. The Labute approximate surface area is 126 Å². The van der Waals surface area contributed by atoms with Gasteiger partial charge in [0.15, 0.2) is 11.6 Å². The van der Waals surface area contributed by atoms with Crippen molar-refractivity contribution >= 4 is 37.5 Å². The summed E-state index contributed by atoms with van der Waals surface area (Å²) in [6.07, 6.45) is 0. The standard InChI is InChI=1S/C13H10Br2FNO2/c1-18-12-5-9(15)13(6-8(12)14)19-11-3-2-7(17)4-10(11)16/h2-6H,17H2,1H3. The van der Waals surface area contributed by atoms with Gasteiger partial charge < -0.3 is 15.2 Å². The molecule has 3 nitrogen and oxygen atoms in total. The molecule has 19 heavy (non-hydrogen) atoms. The maximum atomic E-state index is 13.7. The number of halogens is 3. The smallest absolute Gasteiger partial charge is 0.167 e. The molecular weight excluding hydrogens is 381 g/mol. The number of anilines is 1. The van der Waals surface area contributed by atoms with Gasteiger partial charge >= 0.3 is 0 Å². The first-order valence-electron chi connectivity index (χ1n) is 5.27. The van der Waals surface area contributed by atoms with Crippen LogP contribution in [0.2, 0.25) is 0 Å². The van der Waals surface area contributed by atoms with E-state index >= 15 is 0 Å². The third-order valence-corrected chi connectivity index (χ3v) is 3.62. The van der Waals surface area contributed by atoms with Gasteiger partial charge in [-0.3, -0.25) is 0 Å². The van der Waals surface area contributed by atoms with Crippen molar-refractivity contribution < 1.29 is 13.9 Å². The predicted octanol–water partition coefficient (Wildman–Crippen LogP) is 4.73. The molecule has 2 rings (SSSR count). The van der Waals surface area contributed by atoms with Crippen molar-refractivity contribution in [3.63, 3.8) is 0 Å². The number of ether oxygens (including phenoxy) is 2. The van der Waals surface area contributed by atoms with E-state index in [4.69, 9.17) is 15.2 Å². The van der Waals surface area contributed by atoms with Crippen LogP contribution < -0.4 is 15.2 Å². The average Bonchev–Trinajstić information content (AvgIpc) is 2.36. The number of hydrogen-bond donors (Lipinski definition) is 1. The van der Waals surface area contributed by atoms with Crippen LogP contribution >= 0.6 is 31.9 Å². The van der Waals surface area contributed by atoms with Gasteiger partial charge in [0.05, 0.1) is 16.1 Å². The Morgan fingerprint density at radius 3 is 2.26 bits per heavy atom. The van der Waals surface area contributed by atoms with Gasteiger partial charge in [0.2, 0.25) is 0 Å². The van der Waals surface area contributed by atoms with E-state index < -0.39 is 5.82 Å². The van der Waals surface area contributed by atoms with E-state index in [1.807, 2.05) is 0 Å². The maximum absolute atomic E-state index is 13.7. The fourth-order valence-corrected chi connectivity index (χ4v) is 2.35. The monoisotopic (exact) mass is 389 g/mol. The van der Waals surface area contributed by atoms with Gasteiger partial charge in [0, 0.05) is 11.8 Å². The van der Waals surface area contributed by atoms with Crippen molar-refractivity contribution in [2.24, 2.45) is 0 Å². The molecule has 6 heteroatoms. The normalized spacial score (nSPS) is 10.3. The third kappa shape index (κ3) is 3.19. The number of nitrogens with two attached hydrogens (primary N) is 1. The Kier molecular flexibility index (Phi) is 4.31. The second kappa shape index (κ2) is 5.79. The molecule has 0 aliphatic rings. The molecule has 2 aromatic carbocycles. The van der Waals surface area contributed by atoms with Crippen LogP contribution in [-0.2, 0) is 0 Å². The lowest BCUT2D eigenvalue weighted by Gasteiger charge is -2.11. The van der Waals surface area contributed by atoms with Crippen LogP contribution in [0.15, 0.2) is 39.3 Å².